The fourth-order valence-corrected chi connectivity index (χ4v) is 1.03. The smallest absolute Gasteiger partial charge is 0.174 e. The fourth-order valence-electron chi connectivity index (χ4n) is 1.03. The highest BCUT2D eigenvalue weighted by molar-refractivity contribution is 5.50. The Morgan fingerprint density at radius 2 is 2.14 bits per heavy atom. The largest absolute Gasteiger partial charge is 0.504 e. The summed E-state index contributed by atoms with van der Waals surface area (Å²) in [4.78, 5) is 4.18. The van der Waals surface area contributed by atoms with Crippen molar-refractivity contribution in [3.8, 4) is 17.2 Å². The molecule has 0 aliphatic carbocycles. The Labute approximate surface area is 79.4 Å². The Hall–Kier alpha value is -1.53. The minimum absolute atomic E-state index is 0.188. The summed E-state index contributed by atoms with van der Waals surface area (Å²) in [6.45, 7) is -0.359. The van der Waals surface area contributed by atoms with Gasteiger partial charge < -0.3 is 14.9 Å². The summed E-state index contributed by atoms with van der Waals surface area (Å²) in [5.41, 5.74) is -0.246. The molecule has 0 saturated carbocycles. The molecular weight excluding hydrogens is 193 g/mol. The van der Waals surface area contributed by atoms with E-state index in [0.29, 0.717) is 0 Å². The summed E-state index contributed by atoms with van der Waals surface area (Å²) in [7, 11) is 1.24. The van der Waals surface area contributed by atoms with E-state index in [-0.39, 0.29) is 17.9 Å². The van der Waals surface area contributed by atoms with E-state index in [9.17, 15) is 14.6 Å². The van der Waals surface area contributed by atoms with Crippen LogP contribution in [0.4, 0.5) is 4.39 Å². The van der Waals surface area contributed by atoms with E-state index in [1.54, 1.807) is 0 Å². The first kappa shape index (κ1) is 10.6. The first-order valence-electron chi connectivity index (χ1n) is 3.70. The van der Waals surface area contributed by atoms with E-state index in [0.717, 1.165) is 6.07 Å². The second kappa shape index (κ2) is 4.12. The monoisotopic (exact) mass is 203 g/mol. The molecule has 1 aromatic rings. The number of phenolic OH excluding ortho intramolecular Hbond substituents is 2. The zero-order chi connectivity index (χ0) is 10.7. The van der Waals surface area contributed by atoms with Gasteiger partial charge >= 0.3 is 0 Å². The van der Waals surface area contributed by atoms with Gasteiger partial charge in [0.2, 0.25) is 0 Å². The van der Waals surface area contributed by atoms with Crippen LogP contribution in [-0.4, -0.2) is 17.3 Å². The zero-order valence-corrected chi connectivity index (χ0v) is 7.45. The van der Waals surface area contributed by atoms with Gasteiger partial charge in [0.05, 0.1) is 19.3 Å². The lowest BCUT2D eigenvalue weighted by Crippen LogP contribution is -2.03. The quantitative estimate of drug-likeness (QED) is 0.495. The molecule has 0 atom stereocenters. The number of benzene rings is 1. The lowest BCUT2D eigenvalue weighted by molar-refractivity contribution is 0.118. The van der Waals surface area contributed by atoms with Crippen LogP contribution in [-0.2, 0) is 11.4 Å². The zero-order valence-electron chi connectivity index (χ0n) is 7.45. The molecule has 0 heterocycles. The van der Waals surface area contributed by atoms with Gasteiger partial charge in [-0.3, -0.25) is 4.84 Å². The molecule has 0 unspecified atom stereocenters. The molecule has 0 aliphatic rings. The van der Waals surface area contributed by atoms with Crippen molar-refractivity contribution in [3.63, 3.8) is 0 Å². The number of nitrogens with two attached hydrogens (primary N) is 1. The number of rotatable bonds is 3. The second-order valence-corrected chi connectivity index (χ2v) is 2.55. The first-order chi connectivity index (χ1) is 6.61. The number of halogens is 1. The second-order valence-electron chi connectivity index (χ2n) is 2.55. The van der Waals surface area contributed by atoms with Gasteiger partial charge in [0.15, 0.2) is 23.1 Å². The Bertz CT molecular complexity index is 343. The fraction of sp³-hybridized carbons (Fsp3) is 0.250. The Morgan fingerprint density at radius 3 is 2.64 bits per heavy atom. The van der Waals surface area contributed by atoms with E-state index in [1.807, 2.05) is 0 Å². The van der Waals surface area contributed by atoms with Crippen molar-refractivity contribution < 1.29 is 24.2 Å². The third-order valence-corrected chi connectivity index (χ3v) is 1.73. The van der Waals surface area contributed by atoms with E-state index in [4.69, 9.17) is 5.90 Å². The van der Waals surface area contributed by atoms with Gasteiger partial charge in [-0.15, -0.1) is 0 Å². The third kappa shape index (κ3) is 1.70. The summed E-state index contributed by atoms with van der Waals surface area (Å²) in [6.07, 6.45) is 0. The number of methoxy groups -OCH3 is 1. The summed E-state index contributed by atoms with van der Waals surface area (Å²) in [5.74, 6) is 2.65. The molecule has 1 rings (SSSR count). The van der Waals surface area contributed by atoms with Gasteiger partial charge in [-0.2, -0.15) is 0 Å². The molecular formula is C8H10FNO4. The van der Waals surface area contributed by atoms with Crippen LogP contribution in [0.15, 0.2) is 6.07 Å². The molecule has 0 spiro atoms. The average Bonchev–Trinajstić information content (AvgIpc) is 2.18. The van der Waals surface area contributed by atoms with Crippen LogP contribution in [0.5, 0.6) is 17.2 Å². The van der Waals surface area contributed by atoms with Crippen LogP contribution in [0.2, 0.25) is 0 Å². The minimum Gasteiger partial charge on any atom is -0.504 e. The standard InChI is InChI=1S/C8H10FNO4/c1-13-6-2-5(11)8(12)4(3-14-10)7(6)9/h2,11-12H,3,10H2,1H3. The molecule has 0 aliphatic heterocycles. The Kier molecular flexibility index (Phi) is 3.10. The van der Waals surface area contributed by atoms with Crippen molar-refractivity contribution in [1.82, 2.24) is 0 Å². The number of hydrogen-bond acceptors (Lipinski definition) is 5. The van der Waals surface area contributed by atoms with Crippen LogP contribution in [0.3, 0.4) is 0 Å². The molecule has 6 heteroatoms. The normalized spacial score (nSPS) is 10.2. The van der Waals surface area contributed by atoms with Crippen LogP contribution in [0, 0.1) is 5.82 Å². The lowest BCUT2D eigenvalue weighted by Gasteiger charge is -2.10. The molecule has 0 bridgehead atoms. The van der Waals surface area contributed by atoms with Crippen molar-refractivity contribution in [1.29, 1.82) is 0 Å². The minimum atomic E-state index is -0.812. The predicted molar refractivity (Wildman–Crippen MR) is 45.3 cm³/mol. The van der Waals surface area contributed by atoms with Gasteiger partial charge in [-0.1, -0.05) is 0 Å². The molecule has 14 heavy (non-hydrogen) atoms. The number of hydrogen-bond donors (Lipinski definition) is 3. The molecule has 0 fully saturated rings. The predicted octanol–water partition coefficient (Wildman–Crippen LogP) is 0.636. The van der Waals surface area contributed by atoms with Crippen molar-refractivity contribution >= 4 is 0 Å². The first-order valence-corrected chi connectivity index (χ1v) is 3.70. The van der Waals surface area contributed by atoms with Gasteiger partial charge in [0.1, 0.15) is 0 Å². The average molecular weight is 203 g/mol. The van der Waals surface area contributed by atoms with Gasteiger partial charge in [-0.05, 0) is 0 Å². The highest BCUT2D eigenvalue weighted by Crippen LogP contribution is 2.36. The van der Waals surface area contributed by atoms with Crippen LogP contribution in [0.1, 0.15) is 5.56 Å². The molecule has 5 nitrogen and oxygen atoms in total. The lowest BCUT2D eigenvalue weighted by atomic mass is 10.1. The van der Waals surface area contributed by atoms with Gasteiger partial charge in [-0.25, -0.2) is 10.3 Å². The Balaban J connectivity index is 3.29. The van der Waals surface area contributed by atoms with Crippen LogP contribution >= 0.6 is 0 Å². The molecule has 4 N–H and O–H groups in total. The maximum Gasteiger partial charge on any atom is 0.174 e. The van der Waals surface area contributed by atoms with E-state index >= 15 is 0 Å². The Morgan fingerprint density at radius 1 is 1.50 bits per heavy atom. The summed E-state index contributed by atoms with van der Waals surface area (Å²) in [5, 5.41) is 18.4. The molecule has 78 valence electrons. The number of aromatic hydroxyl groups is 2. The van der Waals surface area contributed by atoms with E-state index in [1.165, 1.54) is 7.11 Å². The molecule has 0 saturated heterocycles. The maximum atomic E-state index is 13.4. The van der Waals surface area contributed by atoms with Gasteiger partial charge in [0.25, 0.3) is 0 Å². The molecule has 1 aromatic carbocycles. The van der Waals surface area contributed by atoms with Crippen molar-refractivity contribution in [2.45, 2.75) is 6.61 Å². The summed E-state index contributed by atoms with van der Waals surface area (Å²) < 4.78 is 18.0. The van der Waals surface area contributed by atoms with Gasteiger partial charge in [0, 0.05) is 6.07 Å². The highest BCUT2D eigenvalue weighted by atomic mass is 19.1. The molecule has 0 radical (unpaired) electrons. The van der Waals surface area contributed by atoms with Crippen molar-refractivity contribution in [2.24, 2.45) is 5.90 Å². The summed E-state index contributed by atoms with van der Waals surface area (Å²) >= 11 is 0. The van der Waals surface area contributed by atoms with Crippen LogP contribution in [0.25, 0.3) is 0 Å². The molecule has 0 amide bonds. The topological polar surface area (TPSA) is 84.9 Å². The van der Waals surface area contributed by atoms with E-state index in [2.05, 4.69) is 9.57 Å². The molecule has 0 aromatic heterocycles. The van der Waals surface area contributed by atoms with Crippen LogP contribution < -0.4 is 10.6 Å². The summed E-state index contributed by atoms with van der Waals surface area (Å²) in [6, 6.07) is 0.963. The van der Waals surface area contributed by atoms with Crippen molar-refractivity contribution in [2.75, 3.05) is 7.11 Å². The number of phenols is 2. The highest BCUT2D eigenvalue weighted by Gasteiger charge is 2.17. The third-order valence-electron chi connectivity index (χ3n) is 1.73. The SMILES string of the molecule is COc1cc(O)c(O)c(CON)c1F. The van der Waals surface area contributed by atoms with E-state index < -0.39 is 17.3 Å². The maximum absolute atomic E-state index is 13.4. The number of ether oxygens (including phenoxy) is 1. The van der Waals surface area contributed by atoms with Crippen molar-refractivity contribution in [3.05, 3.63) is 17.4 Å².